The van der Waals surface area contributed by atoms with Crippen LogP contribution in [0.3, 0.4) is 0 Å². The number of ketones is 2. The maximum absolute atomic E-state index is 14.5. The van der Waals surface area contributed by atoms with E-state index in [9.17, 15) is 44.4 Å². The van der Waals surface area contributed by atoms with E-state index in [0.29, 0.717) is 102 Å². The Morgan fingerprint density at radius 2 is 1.52 bits per heavy atom. The number of cyclic esters (lactones) is 1. The first-order valence-corrected chi connectivity index (χ1v) is 27.5. The van der Waals surface area contributed by atoms with Crippen LogP contribution >= 0.6 is 0 Å². The van der Waals surface area contributed by atoms with Gasteiger partial charge in [-0.1, -0.05) is 76.6 Å². The van der Waals surface area contributed by atoms with Crippen LogP contribution in [-0.2, 0) is 38.1 Å². The number of aliphatic hydroxyl groups is 4. The number of β-amino-alcohol motifs (C(OH)–C–C–N with tert-alkyl or cyclic N) is 1. The Bertz CT molecular complexity index is 1970. The molecule has 5 aliphatic rings. The van der Waals surface area contributed by atoms with Crippen molar-refractivity contribution in [3.63, 3.8) is 0 Å². The number of piperidine rings is 1. The monoisotopic (exact) mass is 1030 g/mol. The molecule has 16 heteroatoms. The first-order chi connectivity index (χ1) is 34.7. The summed E-state index contributed by atoms with van der Waals surface area (Å²) in [5, 5.41) is 43.8. The van der Waals surface area contributed by atoms with Gasteiger partial charge in [0.05, 0.1) is 24.9 Å². The summed E-state index contributed by atoms with van der Waals surface area (Å²) >= 11 is 0. The largest absolute Gasteiger partial charge is 0.461 e. The van der Waals surface area contributed by atoms with Gasteiger partial charge in [-0.3, -0.25) is 14.4 Å². The number of aliphatic hydroxyl groups excluding tert-OH is 3. The number of fused-ring (bicyclic) bond motifs is 3. The normalized spacial score (nSPS) is 38.5. The van der Waals surface area contributed by atoms with Crippen LogP contribution in [0.5, 0.6) is 0 Å². The molecule has 1 aliphatic carbocycles. The van der Waals surface area contributed by atoms with Gasteiger partial charge in [-0.15, -0.1) is 0 Å². The summed E-state index contributed by atoms with van der Waals surface area (Å²) in [5.74, 6) is -6.53. The summed E-state index contributed by atoms with van der Waals surface area (Å²) in [6, 6.07) is -1.19. The number of allylic oxidation sites excluding steroid dienone is 7. The van der Waals surface area contributed by atoms with Gasteiger partial charge in [-0.2, -0.15) is 0 Å². The molecule has 4 heterocycles. The van der Waals surface area contributed by atoms with Crippen LogP contribution in [0.15, 0.2) is 47.6 Å². The first kappa shape index (κ1) is 60.1. The second-order valence-electron chi connectivity index (χ2n) is 22.4. The second-order valence-corrected chi connectivity index (χ2v) is 22.4. The molecule has 0 radical (unpaired) electrons. The van der Waals surface area contributed by atoms with E-state index in [1.807, 2.05) is 64.2 Å². The zero-order valence-electron chi connectivity index (χ0n) is 45.5. The third-order valence-corrected chi connectivity index (χ3v) is 16.7. The number of carbonyl (C=O) groups is 5. The predicted molar refractivity (Wildman–Crippen MR) is 278 cm³/mol. The standard InChI is InChI=1S/C57H91N3O13/c1-36-15-11-10-12-16-38(3)44(24-26-58-27-28-59(29-30-61)56(58)68)35-45-21-19-42(7)57(69,73-45)53(65)54(66)60-25-14-13-17-46(60)55(67)72-48(39(4)33-43-20-22-47(62)49(34-43)70-8)23-18-37(2)32-41(6)51(64)52(71-9)50(63)40(5)31-36/h10-12,15-16,32,36-37,39-40,42-49,51-52,61-62,64,69H,13-14,17-31,33-35H2,1-9H3/b12-10+,15-11+,38-16+,41-32+/t36-,37+,39-,40-,42-,43+,44?,45+,46+,47-,48+,49-,51-,52+,57-/m1/s1. The van der Waals surface area contributed by atoms with Crippen LogP contribution in [0, 0.1) is 41.4 Å². The van der Waals surface area contributed by atoms with Crippen LogP contribution in [-0.4, -0.2) is 167 Å². The van der Waals surface area contributed by atoms with Gasteiger partial charge >= 0.3 is 12.0 Å². The van der Waals surface area contributed by atoms with Crippen molar-refractivity contribution < 1.29 is 63.3 Å². The zero-order chi connectivity index (χ0) is 53.6. The molecule has 412 valence electrons. The quantitative estimate of drug-likeness (QED) is 0.102. The zero-order valence-corrected chi connectivity index (χ0v) is 45.5. The van der Waals surface area contributed by atoms with Crippen molar-refractivity contribution in [1.82, 2.24) is 14.7 Å². The van der Waals surface area contributed by atoms with E-state index in [0.717, 1.165) is 12.0 Å². The van der Waals surface area contributed by atoms with E-state index in [-0.39, 0.29) is 73.6 Å². The number of hydrogen-bond donors (Lipinski definition) is 4. The number of hydrogen-bond acceptors (Lipinski definition) is 13. The highest BCUT2D eigenvalue weighted by molar-refractivity contribution is 6.39. The minimum atomic E-state index is -2.43. The second kappa shape index (κ2) is 28.4. The lowest BCUT2D eigenvalue weighted by atomic mass is 9.78. The van der Waals surface area contributed by atoms with Gasteiger partial charge in [0.1, 0.15) is 24.4 Å². The van der Waals surface area contributed by atoms with E-state index >= 15 is 0 Å². The Kier molecular flexibility index (Phi) is 23.4. The van der Waals surface area contributed by atoms with Gasteiger partial charge in [0.2, 0.25) is 5.79 Å². The van der Waals surface area contributed by atoms with Crippen molar-refractivity contribution in [2.75, 3.05) is 53.6 Å². The highest BCUT2D eigenvalue weighted by Crippen LogP contribution is 2.39. The molecule has 3 amide bonds. The number of ether oxygens (including phenoxy) is 4. The molecule has 4 N–H and O–H groups in total. The molecule has 4 fully saturated rings. The van der Waals surface area contributed by atoms with Crippen LogP contribution in [0.25, 0.3) is 0 Å². The van der Waals surface area contributed by atoms with Crippen LogP contribution < -0.4 is 0 Å². The Labute approximate surface area is 435 Å². The number of amides is 3. The molecule has 0 aromatic carbocycles. The minimum Gasteiger partial charge on any atom is -0.461 e. The van der Waals surface area contributed by atoms with Gasteiger partial charge in [0, 0.05) is 58.8 Å². The number of methoxy groups -OCH3 is 2. The number of carbonyl (C=O) groups excluding carboxylic acids is 5. The molecule has 1 unspecified atom stereocenters. The van der Waals surface area contributed by atoms with E-state index in [1.54, 1.807) is 30.8 Å². The highest BCUT2D eigenvalue weighted by atomic mass is 16.6. The fourth-order valence-electron chi connectivity index (χ4n) is 12.0. The van der Waals surface area contributed by atoms with E-state index in [2.05, 4.69) is 6.92 Å². The lowest BCUT2D eigenvalue weighted by Crippen LogP contribution is -2.60. The van der Waals surface area contributed by atoms with Crippen molar-refractivity contribution >= 4 is 29.5 Å². The molecule has 0 aromatic rings. The molecule has 3 saturated heterocycles. The van der Waals surface area contributed by atoms with E-state index in [4.69, 9.17) is 18.9 Å². The Morgan fingerprint density at radius 3 is 2.22 bits per heavy atom. The molecule has 15 atom stereocenters. The first-order valence-electron chi connectivity index (χ1n) is 27.5. The number of rotatable bonds is 10. The van der Waals surface area contributed by atoms with Crippen molar-refractivity contribution in [3.8, 4) is 0 Å². The van der Waals surface area contributed by atoms with Crippen molar-refractivity contribution in [3.05, 3.63) is 47.6 Å². The molecular formula is C57H91N3O13. The van der Waals surface area contributed by atoms with Crippen molar-refractivity contribution in [2.24, 2.45) is 41.4 Å². The number of esters is 1. The highest BCUT2D eigenvalue weighted by Gasteiger charge is 2.53. The average molecular weight is 1030 g/mol. The van der Waals surface area contributed by atoms with E-state index < -0.39 is 71.8 Å². The third kappa shape index (κ3) is 16.1. The molecule has 0 spiro atoms. The fraction of sp³-hybridized carbons (Fsp3) is 0.772. The lowest BCUT2D eigenvalue weighted by Gasteiger charge is -2.43. The molecular weight excluding hydrogens is 935 g/mol. The average Bonchev–Trinajstić information content (AvgIpc) is 3.72. The van der Waals surface area contributed by atoms with Gasteiger partial charge < -0.3 is 54.1 Å². The van der Waals surface area contributed by atoms with Crippen LogP contribution in [0.1, 0.15) is 138 Å². The van der Waals surface area contributed by atoms with Gasteiger partial charge in [0.15, 0.2) is 5.78 Å². The fourth-order valence-corrected chi connectivity index (χ4v) is 12.0. The molecule has 73 heavy (non-hydrogen) atoms. The number of urea groups is 1. The summed E-state index contributed by atoms with van der Waals surface area (Å²) < 4.78 is 24.1. The van der Waals surface area contributed by atoms with Crippen LogP contribution in [0.4, 0.5) is 4.79 Å². The SMILES string of the molecule is CO[C@@H]1C[C@H](C[C@@H](C)[C@@H]2CC[C@H](C)/C=C(\C)[C@@H](O)[C@@H](OC)C(=O)[C@H](C)C[C@H](C)/C=C/C=C/C=C(\C)C(CCN3CCN(CCO)C3=O)C[C@@H]3CC[C@@H](C)[C@@](O)(O3)C(=O)C(=O)N3CCCC[C@H]3C(=O)O2)CC[C@H]1O. The Balaban J connectivity index is 1.46. The molecule has 16 nitrogen and oxygen atoms in total. The molecule has 0 aromatic heterocycles. The predicted octanol–water partition coefficient (Wildman–Crippen LogP) is 6.72. The van der Waals surface area contributed by atoms with Gasteiger partial charge in [-0.25, -0.2) is 9.59 Å². The smallest absolute Gasteiger partial charge is 0.329 e. The molecule has 4 aliphatic heterocycles. The molecule has 2 bridgehead atoms. The Morgan fingerprint density at radius 1 is 0.795 bits per heavy atom. The Hall–Kier alpha value is -3.77. The summed E-state index contributed by atoms with van der Waals surface area (Å²) in [6.07, 6.45) is 15.3. The van der Waals surface area contributed by atoms with Crippen LogP contribution in [0.2, 0.25) is 0 Å². The molecule has 1 saturated carbocycles. The maximum atomic E-state index is 14.5. The lowest BCUT2D eigenvalue weighted by molar-refractivity contribution is -0.264. The summed E-state index contributed by atoms with van der Waals surface area (Å²) in [5.41, 5.74) is 1.59. The van der Waals surface area contributed by atoms with Crippen molar-refractivity contribution in [1.29, 1.82) is 0 Å². The third-order valence-electron chi connectivity index (χ3n) is 16.7. The summed E-state index contributed by atoms with van der Waals surface area (Å²) in [4.78, 5) is 75.2. The van der Waals surface area contributed by atoms with E-state index in [1.165, 1.54) is 12.0 Å². The topological polar surface area (TPSA) is 213 Å². The number of nitrogens with zero attached hydrogens (tertiary/aromatic N) is 3. The van der Waals surface area contributed by atoms with Gasteiger partial charge in [-0.05, 0) is 139 Å². The maximum Gasteiger partial charge on any atom is 0.329 e. The van der Waals surface area contributed by atoms with Gasteiger partial charge in [0.25, 0.3) is 11.7 Å². The summed E-state index contributed by atoms with van der Waals surface area (Å²) in [7, 11) is 3.04. The van der Waals surface area contributed by atoms with Crippen molar-refractivity contribution in [2.45, 2.75) is 187 Å². The number of Topliss-reactive ketones (excluding diaryl/α,β-unsaturated/α-hetero) is 2. The minimum absolute atomic E-state index is 0.0302. The summed E-state index contributed by atoms with van der Waals surface area (Å²) in [6.45, 7) is 15.2. The molecule has 5 rings (SSSR count).